The molecule has 0 spiro atoms. The molecule has 1 aliphatic heterocycles. The monoisotopic (exact) mass is 291 g/mol. The number of nitrogens with zero attached hydrogens (tertiary/aromatic N) is 3. The van der Waals surface area contributed by atoms with Crippen molar-refractivity contribution in [3.05, 3.63) is 35.5 Å². The second-order valence-corrected chi connectivity index (χ2v) is 5.49. The number of β-amino-alcohol motifs (C(OH)–C–C–N with tert-alkyl or cyclic N) is 1. The Morgan fingerprint density at radius 2 is 1.95 bits per heavy atom. The molecule has 106 valence electrons. The molecule has 0 radical (unpaired) electrons. The van der Waals surface area contributed by atoms with E-state index < -0.39 is 0 Å². The van der Waals surface area contributed by atoms with Gasteiger partial charge in [0.25, 0.3) is 0 Å². The second kappa shape index (κ2) is 5.95. The molecule has 0 bridgehead atoms. The number of pyridine rings is 1. The van der Waals surface area contributed by atoms with Gasteiger partial charge in [-0.3, -0.25) is 4.90 Å². The maximum absolute atomic E-state index is 8.99. The van der Waals surface area contributed by atoms with Gasteiger partial charge in [-0.15, -0.1) is 0 Å². The standard InChI is InChI=1S/C15H18ClN3O/c16-13-1-2-14-12(11-13)3-4-17-15(14)19-7-5-18(6-8-19)9-10-20/h1-4,11,20H,5-10H2. The van der Waals surface area contributed by atoms with Crippen molar-refractivity contribution in [2.24, 2.45) is 0 Å². The number of hydrogen-bond donors (Lipinski definition) is 1. The van der Waals surface area contributed by atoms with Crippen molar-refractivity contribution in [1.29, 1.82) is 0 Å². The zero-order valence-corrected chi connectivity index (χ0v) is 12.1. The van der Waals surface area contributed by atoms with E-state index in [4.69, 9.17) is 16.7 Å². The number of fused-ring (bicyclic) bond motifs is 1. The Bertz CT molecular complexity index is 597. The van der Waals surface area contributed by atoms with Crippen LogP contribution in [0.3, 0.4) is 0 Å². The first kappa shape index (κ1) is 13.6. The minimum Gasteiger partial charge on any atom is -0.395 e. The highest BCUT2D eigenvalue weighted by Gasteiger charge is 2.19. The molecule has 2 heterocycles. The summed E-state index contributed by atoms with van der Waals surface area (Å²) in [5.74, 6) is 1.03. The van der Waals surface area contributed by atoms with Crippen LogP contribution in [0.5, 0.6) is 0 Å². The van der Waals surface area contributed by atoms with E-state index in [1.807, 2.05) is 30.5 Å². The third-order valence-corrected chi connectivity index (χ3v) is 4.03. The highest BCUT2D eigenvalue weighted by Crippen LogP contribution is 2.27. The number of aromatic nitrogens is 1. The van der Waals surface area contributed by atoms with E-state index in [1.165, 1.54) is 0 Å². The van der Waals surface area contributed by atoms with Gasteiger partial charge in [0, 0.05) is 49.3 Å². The van der Waals surface area contributed by atoms with Crippen LogP contribution >= 0.6 is 11.6 Å². The Morgan fingerprint density at radius 1 is 1.15 bits per heavy atom. The van der Waals surface area contributed by atoms with Crippen LogP contribution in [0.4, 0.5) is 5.82 Å². The summed E-state index contributed by atoms with van der Waals surface area (Å²) in [7, 11) is 0. The van der Waals surface area contributed by atoms with Crippen molar-refractivity contribution < 1.29 is 5.11 Å². The average Bonchev–Trinajstić information content (AvgIpc) is 2.47. The first-order valence-corrected chi connectivity index (χ1v) is 7.28. The lowest BCUT2D eigenvalue weighted by Gasteiger charge is -2.35. The van der Waals surface area contributed by atoms with Crippen LogP contribution < -0.4 is 4.90 Å². The molecule has 0 saturated carbocycles. The van der Waals surface area contributed by atoms with E-state index in [1.54, 1.807) is 0 Å². The van der Waals surface area contributed by atoms with Gasteiger partial charge in [-0.2, -0.15) is 0 Å². The van der Waals surface area contributed by atoms with E-state index in [-0.39, 0.29) is 6.61 Å². The van der Waals surface area contributed by atoms with Gasteiger partial charge in [0.15, 0.2) is 0 Å². The predicted octanol–water partition coefficient (Wildman–Crippen LogP) is 2.00. The Balaban J connectivity index is 1.84. The highest BCUT2D eigenvalue weighted by atomic mass is 35.5. The fourth-order valence-electron chi connectivity index (χ4n) is 2.71. The molecule has 1 aromatic carbocycles. The molecule has 4 nitrogen and oxygen atoms in total. The zero-order valence-electron chi connectivity index (χ0n) is 11.3. The molecule has 0 aliphatic carbocycles. The molecule has 1 aromatic heterocycles. The molecule has 0 unspecified atom stereocenters. The van der Waals surface area contributed by atoms with Crippen LogP contribution in [-0.2, 0) is 0 Å². The van der Waals surface area contributed by atoms with E-state index >= 15 is 0 Å². The fraction of sp³-hybridized carbons (Fsp3) is 0.400. The highest BCUT2D eigenvalue weighted by molar-refractivity contribution is 6.31. The number of anilines is 1. The maximum Gasteiger partial charge on any atom is 0.136 e. The van der Waals surface area contributed by atoms with Crippen molar-refractivity contribution in [2.75, 3.05) is 44.2 Å². The first-order valence-electron chi connectivity index (χ1n) is 6.90. The second-order valence-electron chi connectivity index (χ2n) is 5.05. The van der Waals surface area contributed by atoms with E-state index in [2.05, 4.69) is 14.8 Å². The predicted molar refractivity (Wildman–Crippen MR) is 82.5 cm³/mol. The van der Waals surface area contributed by atoms with Crippen LogP contribution in [0.1, 0.15) is 0 Å². The number of rotatable bonds is 3. The molecule has 1 N–H and O–H groups in total. The quantitative estimate of drug-likeness (QED) is 0.939. The van der Waals surface area contributed by atoms with Gasteiger partial charge in [0.05, 0.1) is 6.61 Å². The number of piperazine rings is 1. The summed E-state index contributed by atoms with van der Waals surface area (Å²) in [5, 5.41) is 12.0. The summed E-state index contributed by atoms with van der Waals surface area (Å²) in [6, 6.07) is 7.92. The van der Waals surface area contributed by atoms with E-state index in [9.17, 15) is 0 Å². The molecule has 0 atom stereocenters. The maximum atomic E-state index is 8.99. The van der Waals surface area contributed by atoms with Gasteiger partial charge in [-0.1, -0.05) is 11.6 Å². The molecule has 2 aromatic rings. The average molecular weight is 292 g/mol. The van der Waals surface area contributed by atoms with Crippen LogP contribution in [-0.4, -0.2) is 54.3 Å². The summed E-state index contributed by atoms with van der Waals surface area (Å²) in [6.07, 6.45) is 1.84. The molecule has 5 heteroatoms. The lowest BCUT2D eigenvalue weighted by Crippen LogP contribution is -2.47. The smallest absolute Gasteiger partial charge is 0.136 e. The van der Waals surface area contributed by atoms with Gasteiger partial charge in [0.2, 0.25) is 0 Å². The zero-order chi connectivity index (χ0) is 13.9. The fourth-order valence-corrected chi connectivity index (χ4v) is 2.89. The summed E-state index contributed by atoms with van der Waals surface area (Å²) >= 11 is 6.05. The Morgan fingerprint density at radius 3 is 2.70 bits per heavy atom. The molecule has 3 rings (SSSR count). The van der Waals surface area contributed by atoms with Gasteiger partial charge >= 0.3 is 0 Å². The number of halogens is 1. The van der Waals surface area contributed by atoms with Crippen LogP contribution in [0.15, 0.2) is 30.5 Å². The van der Waals surface area contributed by atoms with Crippen molar-refractivity contribution in [3.8, 4) is 0 Å². The molecule has 20 heavy (non-hydrogen) atoms. The molecule has 1 aliphatic rings. The number of aliphatic hydroxyl groups excluding tert-OH is 1. The molecular formula is C15H18ClN3O. The summed E-state index contributed by atoms with van der Waals surface area (Å²) in [6.45, 7) is 4.79. The van der Waals surface area contributed by atoms with Gasteiger partial charge < -0.3 is 10.0 Å². The van der Waals surface area contributed by atoms with Crippen molar-refractivity contribution in [2.45, 2.75) is 0 Å². The topological polar surface area (TPSA) is 39.6 Å². The minimum absolute atomic E-state index is 0.227. The largest absolute Gasteiger partial charge is 0.395 e. The lowest BCUT2D eigenvalue weighted by atomic mass is 10.1. The number of hydrogen-bond acceptors (Lipinski definition) is 4. The SMILES string of the molecule is OCCN1CCN(c2nccc3cc(Cl)ccc23)CC1. The van der Waals surface area contributed by atoms with Gasteiger partial charge in [0.1, 0.15) is 5.82 Å². The lowest BCUT2D eigenvalue weighted by molar-refractivity contribution is 0.188. The molecule has 0 amide bonds. The van der Waals surface area contributed by atoms with Crippen molar-refractivity contribution >= 4 is 28.2 Å². The first-order chi connectivity index (χ1) is 9.78. The summed E-state index contributed by atoms with van der Waals surface area (Å²) in [5.41, 5.74) is 0. The molecular weight excluding hydrogens is 274 g/mol. The van der Waals surface area contributed by atoms with Crippen molar-refractivity contribution in [1.82, 2.24) is 9.88 Å². The molecule has 1 saturated heterocycles. The van der Waals surface area contributed by atoms with E-state index in [0.717, 1.165) is 54.3 Å². The Labute approximate surface area is 123 Å². The van der Waals surface area contributed by atoms with Crippen LogP contribution in [0.25, 0.3) is 10.8 Å². The summed E-state index contributed by atoms with van der Waals surface area (Å²) in [4.78, 5) is 9.13. The number of aliphatic hydroxyl groups is 1. The minimum atomic E-state index is 0.227. The normalized spacial score (nSPS) is 16.8. The number of benzene rings is 1. The Kier molecular flexibility index (Phi) is 4.05. The Hall–Kier alpha value is -1.36. The van der Waals surface area contributed by atoms with Crippen LogP contribution in [0.2, 0.25) is 5.02 Å². The van der Waals surface area contributed by atoms with E-state index in [0.29, 0.717) is 0 Å². The molecule has 1 fully saturated rings. The van der Waals surface area contributed by atoms with Crippen LogP contribution in [0, 0.1) is 0 Å². The third-order valence-electron chi connectivity index (χ3n) is 3.79. The van der Waals surface area contributed by atoms with Gasteiger partial charge in [-0.05, 0) is 29.7 Å². The van der Waals surface area contributed by atoms with Crippen molar-refractivity contribution in [3.63, 3.8) is 0 Å². The summed E-state index contributed by atoms with van der Waals surface area (Å²) < 4.78 is 0. The third kappa shape index (κ3) is 2.73. The van der Waals surface area contributed by atoms with Gasteiger partial charge in [-0.25, -0.2) is 4.98 Å².